The number of likely N-dealkylation sites (N-methyl/N-ethyl adjacent to an activating group) is 1. The minimum atomic E-state index is -0.421. The van der Waals surface area contributed by atoms with Gasteiger partial charge in [0.1, 0.15) is 0 Å². The van der Waals surface area contributed by atoms with E-state index in [0.717, 1.165) is 5.69 Å². The molecule has 170 valence electrons. The second-order valence-electron chi connectivity index (χ2n) is 8.27. The van der Waals surface area contributed by atoms with Gasteiger partial charge in [-0.25, -0.2) is 9.48 Å². The molecule has 0 saturated carbocycles. The third kappa shape index (κ3) is 6.66. The Morgan fingerprint density at radius 2 is 2.17 bits per heavy atom. The first-order valence-corrected chi connectivity index (χ1v) is 10.5. The number of carbonyl (C=O) groups excluding carboxylic acids is 2. The zero-order chi connectivity index (χ0) is 22.3. The summed E-state index contributed by atoms with van der Waals surface area (Å²) in [6.07, 6.45) is 1.67. The Balaban J connectivity index is 2.22. The van der Waals surface area contributed by atoms with Gasteiger partial charge in [0.2, 0.25) is 5.91 Å². The van der Waals surface area contributed by atoms with E-state index in [-0.39, 0.29) is 36.7 Å². The van der Waals surface area contributed by atoms with Crippen LogP contribution in [0.5, 0.6) is 0 Å². The molecule has 2 heterocycles. The highest BCUT2D eigenvalue weighted by molar-refractivity contribution is 5.76. The first kappa shape index (κ1) is 24.1. The predicted molar refractivity (Wildman–Crippen MR) is 110 cm³/mol. The third-order valence-corrected chi connectivity index (χ3v) is 5.24. The maximum Gasteiger partial charge on any atom is 0.409 e. The minimum absolute atomic E-state index is 0.0167. The Morgan fingerprint density at radius 3 is 2.83 bits per heavy atom. The fourth-order valence-corrected chi connectivity index (χ4v) is 3.38. The molecule has 0 radical (unpaired) electrons. The molecule has 0 aliphatic carbocycles. The minimum Gasteiger partial charge on any atom is -0.447 e. The van der Waals surface area contributed by atoms with Crippen LogP contribution in [0, 0.1) is 5.92 Å². The summed E-state index contributed by atoms with van der Waals surface area (Å²) in [4.78, 5) is 28.3. The number of aliphatic hydroxyl groups excluding tert-OH is 1. The maximum atomic E-state index is 12.8. The topological polar surface area (TPSA) is 110 Å². The van der Waals surface area contributed by atoms with Crippen LogP contribution in [0.3, 0.4) is 0 Å². The second kappa shape index (κ2) is 11.3. The van der Waals surface area contributed by atoms with Gasteiger partial charge < -0.3 is 24.4 Å². The van der Waals surface area contributed by atoms with Crippen LogP contribution >= 0.6 is 0 Å². The van der Waals surface area contributed by atoms with Gasteiger partial charge in [-0.05, 0) is 27.2 Å². The van der Waals surface area contributed by atoms with E-state index in [4.69, 9.17) is 9.47 Å². The van der Waals surface area contributed by atoms with Crippen LogP contribution in [-0.4, -0.2) is 86.9 Å². The lowest BCUT2D eigenvalue weighted by atomic mass is 10.0. The van der Waals surface area contributed by atoms with Gasteiger partial charge in [0, 0.05) is 32.5 Å². The Kier molecular flexibility index (Phi) is 9.04. The number of aryl methyl sites for hydroxylation is 1. The smallest absolute Gasteiger partial charge is 0.409 e. The standard InChI is InChI=1S/C20H35N5O5/c1-14(2)30-20(28)23(5)11-18-15(3)10-24(16(4)12-26)19(27)7-6-8-25-17(13-29-18)9-21-22-25/h9,14-16,18,26H,6-8,10-13H2,1-5H3/t15-,16+,18+/m1/s1. The molecule has 3 atom stereocenters. The highest BCUT2D eigenvalue weighted by Crippen LogP contribution is 2.18. The van der Waals surface area contributed by atoms with E-state index in [1.54, 1.807) is 36.7 Å². The van der Waals surface area contributed by atoms with Gasteiger partial charge in [-0.15, -0.1) is 5.10 Å². The molecule has 1 N–H and O–H groups in total. The van der Waals surface area contributed by atoms with Gasteiger partial charge in [0.15, 0.2) is 0 Å². The van der Waals surface area contributed by atoms with Crippen LogP contribution in [0.25, 0.3) is 0 Å². The van der Waals surface area contributed by atoms with Crippen molar-refractivity contribution in [2.24, 2.45) is 5.92 Å². The number of fused-ring (bicyclic) bond motifs is 1. The van der Waals surface area contributed by atoms with E-state index >= 15 is 0 Å². The van der Waals surface area contributed by atoms with Gasteiger partial charge in [0.25, 0.3) is 0 Å². The van der Waals surface area contributed by atoms with Crippen LogP contribution in [0.1, 0.15) is 46.2 Å². The van der Waals surface area contributed by atoms with Gasteiger partial charge >= 0.3 is 6.09 Å². The number of ether oxygens (including phenoxy) is 2. The van der Waals surface area contributed by atoms with E-state index in [9.17, 15) is 14.7 Å². The SMILES string of the molecule is CC(C)OC(=O)N(C)C[C@@H]1OCc2cnnn2CCCC(=O)N([C@@H](C)CO)C[C@H]1C. The molecule has 0 fully saturated rings. The molecule has 0 saturated heterocycles. The van der Waals surface area contributed by atoms with Crippen molar-refractivity contribution in [1.29, 1.82) is 0 Å². The quantitative estimate of drug-likeness (QED) is 0.757. The van der Waals surface area contributed by atoms with Crippen molar-refractivity contribution in [3.8, 4) is 0 Å². The third-order valence-electron chi connectivity index (χ3n) is 5.24. The predicted octanol–water partition coefficient (Wildman–Crippen LogP) is 1.28. The monoisotopic (exact) mass is 425 g/mol. The summed E-state index contributed by atoms with van der Waals surface area (Å²) in [6, 6.07) is -0.297. The van der Waals surface area contributed by atoms with Crippen molar-refractivity contribution in [2.45, 2.75) is 71.9 Å². The molecular weight excluding hydrogens is 390 g/mol. The first-order chi connectivity index (χ1) is 14.2. The zero-order valence-electron chi connectivity index (χ0n) is 18.7. The first-order valence-electron chi connectivity index (χ1n) is 10.5. The van der Waals surface area contributed by atoms with Gasteiger partial charge in [-0.3, -0.25) is 4.79 Å². The molecule has 0 spiro atoms. The molecule has 10 nitrogen and oxygen atoms in total. The van der Waals surface area contributed by atoms with E-state index in [1.807, 2.05) is 13.8 Å². The molecule has 10 heteroatoms. The number of aliphatic hydroxyl groups is 1. The summed E-state index contributed by atoms with van der Waals surface area (Å²) in [5.41, 5.74) is 0.827. The maximum absolute atomic E-state index is 12.8. The largest absolute Gasteiger partial charge is 0.447 e. The number of hydrogen-bond acceptors (Lipinski definition) is 7. The molecule has 2 amide bonds. The molecule has 1 aromatic heterocycles. The van der Waals surface area contributed by atoms with E-state index in [0.29, 0.717) is 39.1 Å². The Labute approximate surface area is 178 Å². The number of nitrogens with zero attached hydrogens (tertiary/aromatic N) is 5. The number of carbonyl (C=O) groups is 2. The summed E-state index contributed by atoms with van der Waals surface area (Å²) in [6.45, 7) is 8.90. The van der Waals surface area contributed by atoms with E-state index in [2.05, 4.69) is 10.3 Å². The van der Waals surface area contributed by atoms with Gasteiger partial charge in [-0.1, -0.05) is 12.1 Å². The van der Waals surface area contributed by atoms with Crippen LogP contribution in [0.2, 0.25) is 0 Å². The summed E-state index contributed by atoms with van der Waals surface area (Å²) in [5.74, 6) is -0.0991. The number of hydrogen-bond donors (Lipinski definition) is 1. The molecule has 2 rings (SSSR count). The molecule has 0 unspecified atom stereocenters. The molecule has 1 aromatic rings. The van der Waals surface area contributed by atoms with Crippen LogP contribution in [-0.2, 0) is 27.4 Å². The molecule has 0 aromatic carbocycles. The van der Waals surface area contributed by atoms with Crippen LogP contribution in [0.15, 0.2) is 6.20 Å². The lowest BCUT2D eigenvalue weighted by molar-refractivity contribution is -0.136. The summed E-state index contributed by atoms with van der Waals surface area (Å²) in [5, 5.41) is 17.7. The number of amides is 2. The number of rotatable bonds is 5. The van der Waals surface area contributed by atoms with Crippen molar-refractivity contribution < 1.29 is 24.2 Å². The van der Waals surface area contributed by atoms with Crippen LogP contribution in [0.4, 0.5) is 4.79 Å². The average molecular weight is 426 g/mol. The fourth-order valence-electron chi connectivity index (χ4n) is 3.38. The molecule has 0 bridgehead atoms. The van der Waals surface area contributed by atoms with Gasteiger partial charge in [-0.2, -0.15) is 0 Å². The van der Waals surface area contributed by atoms with Crippen molar-refractivity contribution in [3.63, 3.8) is 0 Å². The van der Waals surface area contributed by atoms with E-state index in [1.165, 1.54) is 4.90 Å². The van der Waals surface area contributed by atoms with Crippen LogP contribution < -0.4 is 0 Å². The normalized spacial score (nSPS) is 22.1. The highest BCUT2D eigenvalue weighted by Gasteiger charge is 2.29. The van der Waals surface area contributed by atoms with Crippen molar-refractivity contribution >= 4 is 12.0 Å². The number of aromatic nitrogens is 3. The average Bonchev–Trinajstić information content (AvgIpc) is 3.14. The van der Waals surface area contributed by atoms with Crippen molar-refractivity contribution in [1.82, 2.24) is 24.8 Å². The summed E-state index contributed by atoms with van der Waals surface area (Å²) in [7, 11) is 1.67. The molecular formula is C20H35N5O5. The Bertz CT molecular complexity index is 695. The fraction of sp³-hybridized carbons (Fsp3) is 0.800. The van der Waals surface area contributed by atoms with Crippen molar-refractivity contribution in [3.05, 3.63) is 11.9 Å². The lowest BCUT2D eigenvalue weighted by Gasteiger charge is -2.35. The second-order valence-corrected chi connectivity index (χ2v) is 8.27. The summed E-state index contributed by atoms with van der Waals surface area (Å²) >= 11 is 0. The van der Waals surface area contributed by atoms with E-state index < -0.39 is 6.09 Å². The van der Waals surface area contributed by atoms with Crippen molar-refractivity contribution in [2.75, 3.05) is 26.7 Å². The Hall–Kier alpha value is -2.20. The Morgan fingerprint density at radius 1 is 1.43 bits per heavy atom. The zero-order valence-corrected chi connectivity index (χ0v) is 18.7. The highest BCUT2D eigenvalue weighted by atomic mass is 16.6. The lowest BCUT2D eigenvalue weighted by Crippen LogP contribution is -2.48. The molecule has 1 aliphatic rings. The molecule has 30 heavy (non-hydrogen) atoms. The molecule has 1 aliphatic heterocycles. The van der Waals surface area contributed by atoms with Gasteiger partial charge in [0.05, 0.1) is 49.9 Å². The summed E-state index contributed by atoms with van der Waals surface area (Å²) < 4.78 is 13.2.